The van der Waals surface area contributed by atoms with Crippen LogP contribution in [0.5, 0.6) is 0 Å². The van der Waals surface area contributed by atoms with Gasteiger partial charge in [-0.05, 0) is 33.1 Å². The van der Waals surface area contributed by atoms with Crippen LogP contribution in [-0.4, -0.2) is 38.9 Å². The van der Waals surface area contributed by atoms with Crippen LogP contribution < -0.4 is 5.73 Å². The maximum absolute atomic E-state index is 14.1. The Morgan fingerprint density at radius 2 is 2.03 bits per heavy atom. The molecule has 2 heterocycles. The number of hydrogen-bond donors (Lipinski definition) is 1. The second-order valence-electron chi connectivity index (χ2n) is 6.94. The molecule has 3 rings (SSSR count). The molecule has 0 amide bonds. The standard InChI is InChI=1S/C17H22ClF3N5O3P/c1-3-28-30(27,29-4-2)8-7-16(17(19,20)21)6-5-11(9-16)26-10-23-12-13(18)24-15(22)25-14(12)26/h7-8,10-11H,3-6,9H2,1-2H3,(H2,22,24,25)/b8-7+/t11-,16+/m0/s1. The summed E-state index contributed by atoms with van der Waals surface area (Å²) in [6.45, 7) is 3.28. The zero-order valence-electron chi connectivity index (χ0n) is 16.4. The predicted octanol–water partition coefficient (Wildman–Crippen LogP) is 5.12. The van der Waals surface area contributed by atoms with E-state index in [0.717, 1.165) is 11.9 Å². The monoisotopic (exact) mass is 467 g/mol. The number of alkyl halides is 3. The van der Waals surface area contributed by atoms with E-state index in [1.165, 1.54) is 10.9 Å². The van der Waals surface area contributed by atoms with Crippen LogP contribution in [0.2, 0.25) is 5.15 Å². The van der Waals surface area contributed by atoms with Gasteiger partial charge in [-0.25, -0.2) is 4.98 Å². The van der Waals surface area contributed by atoms with E-state index >= 15 is 0 Å². The first kappa shape index (κ1) is 23.0. The molecule has 0 radical (unpaired) electrons. The first-order valence-electron chi connectivity index (χ1n) is 9.35. The van der Waals surface area contributed by atoms with Crippen LogP contribution in [0.25, 0.3) is 11.2 Å². The summed E-state index contributed by atoms with van der Waals surface area (Å²) in [5.41, 5.74) is 3.97. The SMILES string of the molecule is CCOP(=O)(/C=C/[C@]1(C(F)(F)F)CC[C@H](n2cnc3c(Cl)nc(N)nc32)C1)OCC. The number of nitrogens with two attached hydrogens (primary N) is 1. The van der Waals surface area contributed by atoms with Gasteiger partial charge >= 0.3 is 13.8 Å². The molecule has 0 spiro atoms. The minimum Gasteiger partial charge on any atom is -0.368 e. The fourth-order valence-electron chi connectivity index (χ4n) is 3.67. The minimum absolute atomic E-state index is 0.0330. The van der Waals surface area contributed by atoms with Crippen molar-refractivity contribution in [1.29, 1.82) is 0 Å². The number of fused-ring (bicyclic) bond motifs is 1. The van der Waals surface area contributed by atoms with Crippen LogP contribution in [-0.2, 0) is 13.6 Å². The van der Waals surface area contributed by atoms with Gasteiger partial charge in [-0.15, -0.1) is 0 Å². The fourth-order valence-corrected chi connectivity index (χ4v) is 5.33. The normalized spacial score (nSPS) is 23.1. The first-order chi connectivity index (χ1) is 14.0. The van der Waals surface area contributed by atoms with Crippen LogP contribution in [0, 0.1) is 5.41 Å². The van der Waals surface area contributed by atoms with Crippen LogP contribution in [0.1, 0.15) is 39.2 Å². The van der Waals surface area contributed by atoms with Gasteiger partial charge in [-0.1, -0.05) is 17.7 Å². The molecule has 1 aliphatic rings. The number of aromatic nitrogens is 4. The number of halogens is 4. The summed E-state index contributed by atoms with van der Waals surface area (Å²) in [4.78, 5) is 12.0. The van der Waals surface area contributed by atoms with E-state index in [1.54, 1.807) is 13.8 Å². The predicted molar refractivity (Wildman–Crippen MR) is 106 cm³/mol. The molecule has 1 fully saturated rings. The highest BCUT2D eigenvalue weighted by molar-refractivity contribution is 7.57. The second kappa shape index (κ2) is 8.45. The Morgan fingerprint density at radius 3 is 2.63 bits per heavy atom. The van der Waals surface area contributed by atoms with Gasteiger partial charge in [0.1, 0.15) is 5.52 Å². The zero-order chi connectivity index (χ0) is 22.2. The zero-order valence-corrected chi connectivity index (χ0v) is 18.0. The smallest absolute Gasteiger partial charge is 0.368 e. The lowest BCUT2D eigenvalue weighted by Crippen LogP contribution is -2.34. The molecule has 0 aliphatic heterocycles. The topological polar surface area (TPSA) is 105 Å². The van der Waals surface area contributed by atoms with Crippen molar-refractivity contribution in [2.75, 3.05) is 18.9 Å². The average molecular weight is 468 g/mol. The molecule has 1 aliphatic carbocycles. The van der Waals surface area contributed by atoms with Crippen molar-refractivity contribution in [1.82, 2.24) is 19.5 Å². The molecule has 166 valence electrons. The summed E-state index contributed by atoms with van der Waals surface area (Å²) in [6.07, 6.45) is -2.55. The minimum atomic E-state index is -4.57. The third kappa shape index (κ3) is 4.34. The third-order valence-electron chi connectivity index (χ3n) is 5.07. The van der Waals surface area contributed by atoms with Crippen molar-refractivity contribution in [2.24, 2.45) is 5.41 Å². The summed E-state index contributed by atoms with van der Waals surface area (Å²) in [6, 6.07) is -0.565. The summed E-state index contributed by atoms with van der Waals surface area (Å²) in [7, 11) is -3.77. The van der Waals surface area contributed by atoms with Crippen molar-refractivity contribution in [3.8, 4) is 0 Å². The molecule has 30 heavy (non-hydrogen) atoms. The number of nitrogen functional groups attached to an aromatic ring is 1. The molecule has 0 unspecified atom stereocenters. The van der Waals surface area contributed by atoms with Crippen molar-refractivity contribution in [3.05, 3.63) is 23.4 Å². The highest BCUT2D eigenvalue weighted by atomic mass is 35.5. The van der Waals surface area contributed by atoms with E-state index in [1.807, 2.05) is 0 Å². The van der Waals surface area contributed by atoms with Gasteiger partial charge in [0.2, 0.25) is 5.95 Å². The number of allylic oxidation sites excluding steroid dienone is 1. The number of nitrogens with zero attached hydrogens (tertiary/aromatic N) is 4. The lowest BCUT2D eigenvalue weighted by atomic mass is 9.85. The molecule has 0 saturated heterocycles. The van der Waals surface area contributed by atoms with Gasteiger partial charge in [0.25, 0.3) is 0 Å². The van der Waals surface area contributed by atoms with Crippen molar-refractivity contribution in [2.45, 2.75) is 45.3 Å². The Morgan fingerprint density at radius 1 is 1.37 bits per heavy atom. The number of hydrogen-bond acceptors (Lipinski definition) is 7. The van der Waals surface area contributed by atoms with E-state index in [9.17, 15) is 17.7 Å². The van der Waals surface area contributed by atoms with Gasteiger partial charge in [-0.3, -0.25) is 4.57 Å². The first-order valence-corrected chi connectivity index (χ1v) is 11.3. The Bertz CT molecular complexity index is 989. The van der Waals surface area contributed by atoms with Gasteiger partial charge in [0, 0.05) is 11.9 Å². The molecule has 0 aromatic carbocycles. The van der Waals surface area contributed by atoms with Crippen LogP contribution >= 0.6 is 19.2 Å². The molecule has 0 bridgehead atoms. The molecule has 8 nitrogen and oxygen atoms in total. The van der Waals surface area contributed by atoms with E-state index in [-0.39, 0.29) is 54.7 Å². The average Bonchev–Trinajstić information content (AvgIpc) is 3.25. The van der Waals surface area contributed by atoms with E-state index in [2.05, 4.69) is 15.0 Å². The highest BCUT2D eigenvalue weighted by Crippen LogP contribution is 2.58. The van der Waals surface area contributed by atoms with Crippen LogP contribution in [0.4, 0.5) is 19.1 Å². The van der Waals surface area contributed by atoms with Crippen molar-refractivity contribution >= 4 is 36.3 Å². The Labute approximate surface area is 176 Å². The summed E-state index contributed by atoms with van der Waals surface area (Å²) >= 11 is 6.01. The Kier molecular flexibility index (Phi) is 6.48. The molecule has 2 N–H and O–H groups in total. The molecular weight excluding hydrogens is 446 g/mol. The molecule has 2 aromatic heterocycles. The lowest BCUT2D eigenvalue weighted by molar-refractivity contribution is -0.204. The molecule has 1 saturated carbocycles. The van der Waals surface area contributed by atoms with Crippen molar-refractivity contribution in [3.63, 3.8) is 0 Å². The summed E-state index contributed by atoms with van der Waals surface area (Å²) in [5.74, 6) is 0.836. The maximum atomic E-state index is 14.1. The highest BCUT2D eigenvalue weighted by Gasteiger charge is 2.57. The van der Waals surface area contributed by atoms with Gasteiger partial charge in [0.15, 0.2) is 10.8 Å². The van der Waals surface area contributed by atoms with Gasteiger partial charge in [-0.2, -0.15) is 23.1 Å². The quantitative estimate of drug-likeness (QED) is 0.445. The van der Waals surface area contributed by atoms with Crippen LogP contribution in [0.3, 0.4) is 0 Å². The molecule has 2 aromatic rings. The molecule has 13 heteroatoms. The largest absolute Gasteiger partial charge is 0.397 e. The number of rotatable bonds is 7. The Balaban J connectivity index is 1.96. The number of anilines is 1. The summed E-state index contributed by atoms with van der Waals surface area (Å²) in [5, 5.41) is 0.0330. The van der Waals surface area contributed by atoms with E-state index < -0.39 is 25.2 Å². The summed E-state index contributed by atoms with van der Waals surface area (Å²) < 4.78 is 66.7. The second-order valence-corrected chi connectivity index (χ2v) is 9.19. The van der Waals surface area contributed by atoms with E-state index in [0.29, 0.717) is 0 Å². The molecular formula is C17H22ClF3N5O3P. The Hall–Kier alpha value is -1.68. The number of imidazole rings is 1. The molecule has 2 atom stereocenters. The fraction of sp³-hybridized carbons (Fsp3) is 0.588. The van der Waals surface area contributed by atoms with Gasteiger partial charge < -0.3 is 19.3 Å². The van der Waals surface area contributed by atoms with Crippen molar-refractivity contribution < 1.29 is 26.8 Å². The lowest BCUT2D eigenvalue weighted by Gasteiger charge is -2.29. The third-order valence-corrected chi connectivity index (χ3v) is 7.09. The maximum Gasteiger partial charge on any atom is 0.397 e. The van der Waals surface area contributed by atoms with E-state index in [4.69, 9.17) is 26.4 Å². The van der Waals surface area contributed by atoms with Gasteiger partial charge in [0.05, 0.1) is 25.0 Å². The van der Waals surface area contributed by atoms with Crippen LogP contribution in [0.15, 0.2) is 18.2 Å².